The number of anilines is 1. The summed E-state index contributed by atoms with van der Waals surface area (Å²) >= 11 is 12.1. The van der Waals surface area contributed by atoms with Crippen molar-refractivity contribution < 1.29 is 35.9 Å². The van der Waals surface area contributed by atoms with Crippen molar-refractivity contribution in [1.29, 1.82) is 0 Å². The maximum atomic E-state index is 12.8. The number of sulfone groups is 1. The first-order chi connectivity index (χ1) is 15.8. The van der Waals surface area contributed by atoms with Gasteiger partial charge in [0.05, 0.1) is 39.5 Å². The normalized spacial score (nSPS) is 17.8. The van der Waals surface area contributed by atoms with Crippen LogP contribution in [0.4, 0.5) is 18.9 Å². The van der Waals surface area contributed by atoms with Gasteiger partial charge < -0.3 is 10.1 Å². The molecule has 0 aliphatic carbocycles. The lowest BCUT2D eigenvalue weighted by molar-refractivity contribution is -0.142. The zero-order valence-corrected chi connectivity index (χ0v) is 19.9. The number of halogens is 5. The molecule has 14 heteroatoms. The van der Waals surface area contributed by atoms with E-state index in [1.54, 1.807) is 6.92 Å². The molecule has 184 valence electrons. The van der Waals surface area contributed by atoms with Crippen LogP contribution in [0.2, 0.25) is 10.2 Å². The Morgan fingerprint density at radius 3 is 2.65 bits per heavy atom. The summed E-state index contributed by atoms with van der Waals surface area (Å²) in [5.41, 5.74) is -0.453. The van der Waals surface area contributed by atoms with E-state index in [2.05, 4.69) is 10.4 Å². The van der Waals surface area contributed by atoms with Crippen molar-refractivity contribution in [2.24, 2.45) is 0 Å². The second kappa shape index (κ2) is 9.96. The standard InChI is InChI=1S/C20H18Cl2F3N3O5S/c1-11-14(19(22)28(27-11)13-6-7-34(31,32)10-13)3-5-18(30)33-9-17(29)26-16-8-12(20(23,24)25)2-4-15(16)21/h2-5,8,13H,6-7,9-10H2,1H3,(H,26,29)/b5-3+. The van der Waals surface area contributed by atoms with Crippen molar-refractivity contribution in [3.8, 4) is 0 Å². The summed E-state index contributed by atoms with van der Waals surface area (Å²) in [6, 6.07) is 2.02. The highest BCUT2D eigenvalue weighted by Gasteiger charge is 2.32. The molecule has 1 amide bonds. The van der Waals surface area contributed by atoms with Crippen molar-refractivity contribution in [2.45, 2.75) is 25.6 Å². The Morgan fingerprint density at radius 1 is 1.32 bits per heavy atom. The van der Waals surface area contributed by atoms with Crippen LogP contribution < -0.4 is 5.32 Å². The van der Waals surface area contributed by atoms with Crippen LogP contribution in [0.25, 0.3) is 6.08 Å². The number of aromatic nitrogens is 2. The molecule has 0 spiro atoms. The number of hydrogen-bond donors (Lipinski definition) is 1. The summed E-state index contributed by atoms with van der Waals surface area (Å²) in [6.07, 6.45) is -1.94. The minimum absolute atomic E-state index is 0.0399. The molecular weight excluding hydrogens is 522 g/mol. The van der Waals surface area contributed by atoms with Crippen molar-refractivity contribution >= 4 is 56.7 Å². The molecule has 0 bridgehead atoms. The third kappa shape index (κ3) is 6.30. The number of carbonyl (C=O) groups is 2. The van der Waals surface area contributed by atoms with E-state index in [1.165, 1.54) is 10.8 Å². The second-order valence-corrected chi connectivity index (χ2v) is 10.5. The van der Waals surface area contributed by atoms with Gasteiger partial charge in [-0.05, 0) is 37.6 Å². The van der Waals surface area contributed by atoms with E-state index in [9.17, 15) is 31.2 Å². The number of aryl methyl sites for hydroxylation is 1. The van der Waals surface area contributed by atoms with E-state index in [1.807, 2.05) is 0 Å². The second-order valence-electron chi connectivity index (χ2n) is 7.47. The maximum Gasteiger partial charge on any atom is 0.416 e. The van der Waals surface area contributed by atoms with E-state index in [0.717, 1.165) is 18.2 Å². The Hall–Kier alpha value is -2.57. The minimum Gasteiger partial charge on any atom is -0.452 e. The van der Waals surface area contributed by atoms with Crippen LogP contribution in [-0.4, -0.2) is 48.2 Å². The first kappa shape index (κ1) is 26.0. The van der Waals surface area contributed by atoms with E-state index < -0.39 is 46.1 Å². The topological polar surface area (TPSA) is 107 Å². The van der Waals surface area contributed by atoms with Crippen LogP contribution in [0.1, 0.15) is 29.3 Å². The van der Waals surface area contributed by atoms with Crippen LogP contribution in [0, 0.1) is 6.92 Å². The molecule has 1 N–H and O–H groups in total. The number of nitrogens with zero attached hydrogens (tertiary/aromatic N) is 2. The summed E-state index contributed by atoms with van der Waals surface area (Å²) < 4.78 is 68.1. The van der Waals surface area contributed by atoms with Crippen LogP contribution in [0.5, 0.6) is 0 Å². The molecule has 1 aromatic heterocycles. The Kier molecular flexibility index (Phi) is 7.63. The van der Waals surface area contributed by atoms with Gasteiger partial charge in [0.1, 0.15) is 5.15 Å². The fraction of sp³-hybridized carbons (Fsp3) is 0.350. The molecule has 1 aliphatic rings. The van der Waals surface area contributed by atoms with Gasteiger partial charge in [0, 0.05) is 11.6 Å². The number of amides is 1. The molecule has 3 rings (SSSR count). The van der Waals surface area contributed by atoms with Crippen molar-refractivity contribution in [3.63, 3.8) is 0 Å². The van der Waals surface area contributed by atoms with Gasteiger partial charge in [-0.15, -0.1) is 0 Å². The minimum atomic E-state index is -4.62. The van der Waals surface area contributed by atoms with Crippen molar-refractivity contribution in [2.75, 3.05) is 23.4 Å². The highest BCUT2D eigenvalue weighted by Crippen LogP contribution is 2.34. The fourth-order valence-corrected chi connectivity index (χ4v) is 5.48. The maximum absolute atomic E-state index is 12.8. The van der Waals surface area contributed by atoms with Gasteiger partial charge in [-0.1, -0.05) is 23.2 Å². The third-order valence-corrected chi connectivity index (χ3v) is 7.38. The summed E-state index contributed by atoms with van der Waals surface area (Å²) in [7, 11) is -3.15. The summed E-state index contributed by atoms with van der Waals surface area (Å²) in [4.78, 5) is 24.0. The fourth-order valence-electron chi connectivity index (χ4n) is 3.25. The van der Waals surface area contributed by atoms with Crippen LogP contribution in [0.15, 0.2) is 24.3 Å². The monoisotopic (exact) mass is 539 g/mol. The molecule has 2 aromatic rings. The number of ether oxygens (including phenoxy) is 1. The Balaban J connectivity index is 1.60. The van der Waals surface area contributed by atoms with E-state index in [-0.39, 0.29) is 27.4 Å². The molecule has 1 aromatic carbocycles. The van der Waals surface area contributed by atoms with Gasteiger partial charge >= 0.3 is 12.1 Å². The van der Waals surface area contributed by atoms with Gasteiger partial charge in [-0.2, -0.15) is 18.3 Å². The molecule has 1 unspecified atom stereocenters. The number of rotatable bonds is 6. The molecule has 8 nitrogen and oxygen atoms in total. The smallest absolute Gasteiger partial charge is 0.416 e. The van der Waals surface area contributed by atoms with Gasteiger partial charge in [0.2, 0.25) is 0 Å². The predicted molar refractivity (Wildman–Crippen MR) is 119 cm³/mol. The van der Waals surface area contributed by atoms with Crippen molar-refractivity contribution in [3.05, 3.63) is 51.3 Å². The lowest BCUT2D eigenvalue weighted by Crippen LogP contribution is -2.20. The quantitative estimate of drug-likeness (QED) is 0.438. The molecule has 0 saturated carbocycles. The molecule has 1 fully saturated rings. The predicted octanol–water partition coefficient (Wildman–Crippen LogP) is 4.07. The molecule has 1 saturated heterocycles. The highest BCUT2D eigenvalue weighted by atomic mass is 35.5. The first-order valence-corrected chi connectivity index (χ1v) is 12.3. The number of esters is 1. The average molecular weight is 540 g/mol. The lowest BCUT2D eigenvalue weighted by atomic mass is 10.2. The van der Waals surface area contributed by atoms with E-state index in [0.29, 0.717) is 23.7 Å². The summed E-state index contributed by atoms with van der Waals surface area (Å²) in [6.45, 7) is 0.852. The van der Waals surface area contributed by atoms with Gasteiger partial charge in [-0.3, -0.25) is 4.79 Å². The SMILES string of the molecule is Cc1nn(C2CCS(=O)(=O)C2)c(Cl)c1/C=C/C(=O)OCC(=O)Nc1cc(C(F)(F)F)ccc1Cl. The number of alkyl halides is 3. The van der Waals surface area contributed by atoms with E-state index >= 15 is 0 Å². The highest BCUT2D eigenvalue weighted by molar-refractivity contribution is 7.91. The molecular formula is C20H18Cl2F3N3O5S. The number of nitrogens with one attached hydrogen (secondary N) is 1. The van der Waals surface area contributed by atoms with Crippen LogP contribution in [-0.2, 0) is 30.3 Å². The van der Waals surface area contributed by atoms with Crippen LogP contribution in [0.3, 0.4) is 0 Å². The Labute approximate surface area is 202 Å². The van der Waals surface area contributed by atoms with Crippen molar-refractivity contribution in [1.82, 2.24) is 9.78 Å². The number of hydrogen-bond acceptors (Lipinski definition) is 6. The average Bonchev–Trinajstić information content (AvgIpc) is 3.23. The third-order valence-electron chi connectivity index (χ3n) is 4.92. The van der Waals surface area contributed by atoms with Gasteiger partial charge in [0.25, 0.3) is 5.91 Å². The number of benzene rings is 1. The molecule has 2 heterocycles. The number of carbonyl (C=O) groups excluding carboxylic acids is 2. The van der Waals surface area contributed by atoms with Crippen LogP contribution >= 0.6 is 23.2 Å². The lowest BCUT2D eigenvalue weighted by Gasteiger charge is -2.11. The molecule has 0 radical (unpaired) electrons. The molecule has 34 heavy (non-hydrogen) atoms. The van der Waals surface area contributed by atoms with E-state index in [4.69, 9.17) is 27.9 Å². The summed E-state index contributed by atoms with van der Waals surface area (Å²) in [5, 5.41) is 6.44. The van der Waals surface area contributed by atoms with Gasteiger partial charge in [0.15, 0.2) is 16.4 Å². The molecule has 1 atom stereocenters. The Morgan fingerprint density at radius 2 is 2.03 bits per heavy atom. The summed E-state index contributed by atoms with van der Waals surface area (Å²) in [5.74, 6) is -1.85. The van der Waals surface area contributed by atoms with Gasteiger partial charge in [-0.25, -0.2) is 17.9 Å². The Bertz CT molecular complexity index is 1260. The zero-order valence-electron chi connectivity index (χ0n) is 17.5. The molecule has 1 aliphatic heterocycles. The first-order valence-electron chi connectivity index (χ1n) is 9.73. The zero-order chi connectivity index (χ0) is 25.3. The largest absolute Gasteiger partial charge is 0.452 e.